The normalized spacial score (nSPS) is 12.2. The van der Waals surface area contributed by atoms with E-state index in [0.29, 0.717) is 16.1 Å². The number of rotatable bonds is 2. The van der Waals surface area contributed by atoms with E-state index in [0.717, 1.165) is 4.88 Å². The van der Waals surface area contributed by atoms with E-state index in [2.05, 4.69) is 9.97 Å². The molecule has 2 aromatic heterocycles. The molecule has 0 unspecified atom stereocenters. The molecule has 0 fully saturated rings. The lowest BCUT2D eigenvalue weighted by Gasteiger charge is -1.89. The standard InChI is InChI=1S/C12H6ClFN2OS/c13-9(4-8-5-15-6-18-8)12-16-10-2-1-7(14)3-11(10)17-12/h1-6H. The van der Waals surface area contributed by atoms with Crippen molar-refractivity contribution in [3.05, 3.63) is 46.5 Å². The summed E-state index contributed by atoms with van der Waals surface area (Å²) in [6.45, 7) is 0. The van der Waals surface area contributed by atoms with Gasteiger partial charge in [0.2, 0.25) is 5.89 Å². The van der Waals surface area contributed by atoms with Crippen molar-refractivity contribution in [3.63, 3.8) is 0 Å². The zero-order valence-corrected chi connectivity index (χ0v) is 10.5. The molecule has 18 heavy (non-hydrogen) atoms. The van der Waals surface area contributed by atoms with E-state index in [1.165, 1.54) is 23.5 Å². The molecule has 0 saturated carbocycles. The van der Waals surface area contributed by atoms with Crippen LogP contribution in [0, 0.1) is 5.82 Å². The average molecular weight is 281 g/mol. The predicted octanol–water partition coefficient (Wildman–Crippen LogP) is 4.16. The van der Waals surface area contributed by atoms with E-state index in [1.807, 2.05) is 0 Å². The number of halogens is 2. The second kappa shape index (κ2) is 4.51. The molecule has 1 aromatic carbocycles. The third-order valence-electron chi connectivity index (χ3n) is 2.28. The SMILES string of the molecule is Fc1ccc2nc(C(Cl)=Cc3cncs3)oc2c1. The Kier molecular flexibility index (Phi) is 2.85. The summed E-state index contributed by atoms with van der Waals surface area (Å²) >= 11 is 7.55. The largest absolute Gasteiger partial charge is 0.435 e. The van der Waals surface area contributed by atoms with E-state index >= 15 is 0 Å². The fraction of sp³-hybridized carbons (Fsp3) is 0. The fourth-order valence-corrected chi connectivity index (χ4v) is 2.30. The third kappa shape index (κ3) is 2.14. The van der Waals surface area contributed by atoms with Crippen molar-refractivity contribution >= 4 is 45.1 Å². The maximum atomic E-state index is 13.0. The Labute approximate surface area is 111 Å². The van der Waals surface area contributed by atoms with Gasteiger partial charge in [-0.1, -0.05) is 11.6 Å². The van der Waals surface area contributed by atoms with E-state index in [4.69, 9.17) is 16.0 Å². The Morgan fingerprint density at radius 1 is 1.44 bits per heavy atom. The quantitative estimate of drug-likeness (QED) is 0.707. The van der Waals surface area contributed by atoms with E-state index in [9.17, 15) is 4.39 Å². The molecule has 2 heterocycles. The van der Waals surface area contributed by atoms with Crippen molar-refractivity contribution in [1.29, 1.82) is 0 Å². The number of benzene rings is 1. The molecule has 0 aliphatic carbocycles. The van der Waals surface area contributed by atoms with Gasteiger partial charge in [0, 0.05) is 17.1 Å². The monoisotopic (exact) mass is 280 g/mol. The Morgan fingerprint density at radius 2 is 2.33 bits per heavy atom. The Balaban J connectivity index is 2.04. The molecule has 0 atom stereocenters. The molecule has 0 aliphatic rings. The lowest BCUT2D eigenvalue weighted by molar-refractivity contribution is 0.579. The van der Waals surface area contributed by atoms with Crippen LogP contribution in [0.5, 0.6) is 0 Å². The van der Waals surface area contributed by atoms with Crippen LogP contribution < -0.4 is 0 Å². The molecular formula is C12H6ClFN2OS. The van der Waals surface area contributed by atoms with Crippen molar-refractivity contribution in [2.24, 2.45) is 0 Å². The first kappa shape index (κ1) is 11.4. The summed E-state index contributed by atoms with van der Waals surface area (Å²) in [6.07, 6.45) is 3.40. The summed E-state index contributed by atoms with van der Waals surface area (Å²) in [6, 6.07) is 4.16. The highest BCUT2D eigenvalue weighted by Gasteiger charge is 2.10. The van der Waals surface area contributed by atoms with Gasteiger partial charge in [0.05, 0.1) is 5.51 Å². The highest BCUT2D eigenvalue weighted by Crippen LogP contribution is 2.26. The highest BCUT2D eigenvalue weighted by atomic mass is 35.5. The number of aromatic nitrogens is 2. The first-order valence-electron chi connectivity index (χ1n) is 5.04. The topological polar surface area (TPSA) is 38.9 Å². The van der Waals surface area contributed by atoms with Crippen LogP contribution in [0.15, 0.2) is 34.3 Å². The van der Waals surface area contributed by atoms with E-state index in [1.54, 1.807) is 23.8 Å². The molecule has 0 saturated heterocycles. The maximum absolute atomic E-state index is 13.0. The van der Waals surface area contributed by atoms with Gasteiger partial charge >= 0.3 is 0 Å². The van der Waals surface area contributed by atoms with Gasteiger partial charge in [-0.2, -0.15) is 0 Å². The van der Waals surface area contributed by atoms with Crippen LogP contribution in [0.4, 0.5) is 4.39 Å². The van der Waals surface area contributed by atoms with Gasteiger partial charge in [-0.15, -0.1) is 11.3 Å². The summed E-state index contributed by atoms with van der Waals surface area (Å²) in [4.78, 5) is 9.02. The molecule has 0 N–H and O–H groups in total. The number of thiazole rings is 1. The summed E-state index contributed by atoms with van der Waals surface area (Å²) in [5.74, 6) is -0.0987. The summed E-state index contributed by atoms with van der Waals surface area (Å²) in [7, 11) is 0. The molecule has 0 radical (unpaired) electrons. The molecule has 0 amide bonds. The molecule has 0 aliphatic heterocycles. The molecule has 0 spiro atoms. The van der Waals surface area contributed by atoms with Crippen molar-refractivity contribution in [1.82, 2.24) is 9.97 Å². The molecule has 90 valence electrons. The van der Waals surface area contributed by atoms with Crippen LogP contribution in [0.3, 0.4) is 0 Å². The predicted molar refractivity (Wildman–Crippen MR) is 69.8 cm³/mol. The van der Waals surface area contributed by atoms with E-state index < -0.39 is 0 Å². The fourth-order valence-electron chi connectivity index (χ4n) is 1.48. The second-order valence-corrected chi connectivity index (χ2v) is 4.85. The number of nitrogens with zero attached hydrogens (tertiary/aromatic N) is 2. The summed E-state index contributed by atoms with van der Waals surface area (Å²) < 4.78 is 18.4. The lowest BCUT2D eigenvalue weighted by Crippen LogP contribution is -1.75. The van der Waals surface area contributed by atoms with Crippen LogP contribution in [0.25, 0.3) is 22.2 Å². The third-order valence-corrected chi connectivity index (χ3v) is 3.27. The maximum Gasteiger partial charge on any atom is 0.238 e. The number of hydrogen-bond donors (Lipinski definition) is 0. The Hall–Kier alpha value is -1.72. The summed E-state index contributed by atoms with van der Waals surface area (Å²) in [5, 5.41) is 0.357. The zero-order chi connectivity index (χ0) is 12.5. The first-order valence-corrected chi connectivity index (χ1v) is 6.30. The highest BCUT2D eigenvalue weighted by molar-refractivity contribution is 7.10. The minimum atomic E-state index is -0.368. The second-order valence-electron chi connectivity index (χ2n) is 3.53. The van der Waals surface area contributed by atoms with Gasteiger partial charge in [0.15, 0.2) is 5.58 Å². The van der Waals surface area contributed by atoms with Crippen molar-refractivity contribution in [2.45, 2.75) is 0 Å². The number of fused-ring (bicyclic) bond motifs is 1. The van der Waals surface area contributed by atoms with Crippen LogP contribution in [0.2, 0.25) is 0 Å². The van der Waals surface area contributed by atoms with Crippen LogP contribution in [0.1, 0.15) is 10.8 Å². The van der Waals surface area contributed by atoms with Gasteiger partial charge in [-0.25, -0.2) is 9.37 Å². The van der Waals surface area contributed by atoms with Crippen molar-refractivity contribution in [2.75, 3.05) is 0 Å². The van der Waals surface area contributed by atoms with Crippen LogP contribution in [-0.4, -0.2) is 9.97 Å². The average Bonchev–Trinajstić information content (AvgIpc) is 2.96. The van der Waals surface area contributed by atoms with Crippen LogP contribution in [-0.2, 0) is 0 Å². The first-order chi connectivity index (χ1) is 8.72. The molecule has 0 bridgehead atoms. The van der Waals surface area contributed by atoms with Gasteiger partial charge in [-0.3, -0.25) is 4.98 Å². The van der Waals surface area contributed by atoms with Gasteiger partial charge < -0.3 is 4.42 Å². The number of oxazole rings is 1. The van der Waals surface area contributed by atoms with Gasteiger partial charge in [-0.05, 0) is 18.2 Å². The molecular weight excluding hydrogens is 275 g/mol. The number of hydrogen-bond acceptors (Lipinski definition) is 4. The van der Waals surface area contributed by atoms with E-state index in [-0.39, 0.29) is 11.7 Å². The lowest BCUT2D eigenvalue weighted by atomic mass is 10.3. The van der Waals surface area contributed by atoms with Crippen molar-refractivity contribution in [3.8, 4) is 0 Å². The smallest absolute Gasteiger partial charge is 0.238 e. The van der Waals surface area contributed by atoms with Crippen LogP contribution >= 0.6 is 22.9 Å². The van der Waals surface area contributed by atoms with Gasteiger partial charge in [0.25, 0.3) is 0 Å². The minimum Gasteiger partial charge on any atom is -0.435 e. The Morgan fingerprint density at radius 3 is 3.11 bits per heavy atom. The van der Waals surface area contributed by atoms with Crippen molar-refractivity contribution < 1.29 is 8.81 Å². The molecule has 3 nitrogen and oxygen atoms in total. The zero-order valence-electron chi connectivity index (χ0n) is 8.93. The Bertz CT molecular complexity index is 721. The minimum absolute atomic E-state index is 0.269. The molecule has 3 rings (SSSR count). The summed E-state index contributed by atoms with van der Waals surface area (Å²) in [5.41, 5.74) is 2.65. The molecule has 6 heteroatoms. The molecule has 3 aromatic rings. The van der Waals surface area contributed by atoms with Gasteiger partial charge in [0.1, 0.15) is 16.4 Å².